The van der Waals surface area contributed by atoms with Gasteiger partial charge >= 0.3 is 0 Å². The SMILES string of the molecule is CN=C(NCCOCc1ccccc1)N1CCc2ccccc21.I. The number of hydrogen-bond donors (Lipinski definition) is 1. The van der Waals surface area contributed by atoms with Crippen LogP contribution in [0.15, 0.2) is 59.6 Å². The third-order valence-electron chi connectivity index (χ3n) is 4.00. The molecule has 0 aromatic heterocycles. The van der Waals surface area contributed by atoms with Crippen LogP contribution < -0.4 is 10.2 Å². The maximum Gasteiger partial charge on any atom is 0.198 e. The van der Waals surface area contributed by atoms with Gasteiger partial charge in [0.15, 0.2) is 5.96 Å². The second-order valence-electron chi connectivity index (χ2n) is 5.54. The lowest BCUT2D eigenvalue weighted by Crippen LogP contribution is -2.41. The summed E-state index contributed by atoms with van der Waals surface area (Å²) in [7, 11) is 1.83. The third-order valence-corrected chi connectivity index (χ3v) is 4.00. The Hall–Kier alpha value is -1.60. The molecule has 0 aliphatic carbocycles. The fourth-order valence-corrected chi connectivity index (χ4v) is 2.85. The van der Waals surface area contributed by atoms with Gasteiger partial charge < -0.3 is 15.0 Å². The number of aliphatic imine (C=N–C) groups is 1. The Kier molecular flexibility index (Phi) is 7.52. The Morgan fingerprint density at radius 1 is 1.12 bits per heavy atom. The van der Waals surface area contributed by atoms with Crippen molar-refractivity contribution in [2.45, 2.75) is 13.0 Å². The first kappa shape index (κ1) is 18.7. The Bertz CT molecular complexity index is 661. The molecule has 3 rings (SSSR count). The number of anilines is 1. The van der Waals surface area contributed by atoms with Crippen molar-refractivity contribution < 1.29 is 4.74 Å². The summed E-state index contributed by atoms with van der Waals surface area (Å²) in [6.07, 6.45) is 1.07. The summed E-state index contributed by atoms with van der Waals surface area (Å²) in [4.78, 5) is 6.64. The van der Waals surface area contributed by atoms with Crippen molar-refractivity contribution >= 4 is 35.6 Å². The van der Waals surface area contributed by atoms with E-state index in [0.717, 1.165) is 25.5 Å². The molecule has 1 heterocycles. The number of halogens is 1. The largest absolute Gasteiger partial charge is 0.375 e. The van der Waals surface area contributed by atoms with E-state index in [1.54, 1.807) is 0 Å². The normalized spacial score (nSPS) is 13.4. The quantitative estimate of drug-likeness (QED) is 0.337. The number of guanidine groups is 1. The van der Waals surface area contributed by atoms with Crippen LogP contribution in [0, 0.1) is 0 Å². The topological polar surface area (TPSA) is 36.9 Å². The third kappa shape index (κ3) is 4.70. The molecule has 0 fully saturated rings. The summed E-state index contributed by atoms with van der Waals surface area (Å²) < 4.78 is 5.71. The molecule has 2 aromatic carbocycles. The van der Waals surface area contributed by atoms with Crippen LogP contribution in [-0.4, -0.2) is 32.7 Å². The molecular weight excluding hydrogens is 413 g/mol. The molecule has 4 nitrogen and oxygen atoms in total. The van der Waals surface area contributed by atoms with E-state index in [4.69, 9.17) is 4.74 Å². The highest BCUT2D eigenvalue weighted by Crippen LogP contribution is 2.27. The Morgan fingerprint density at radius 2 is 1.88 bits per heavy atom. The number of nitrogens with one attached hydrogen (secondary N) is 1. The smallest absolute Gasteiger partial charge is 0.198 e. The monoisotopic (exact) mass is 437 g/mol. The lowest BCUT2D eigenvalue weighted by molar-refractivity contribution is 0.125. The number of nitrogens with zero attached hydrogens (tertiary/aromatic N) is 2. The fourth-order valence-electron chi connectivity index (χ4n) is 2.85. The van der Waals surface area contributed by atoms with E-state index in [9.17, 15) is 0 Å². The van der Waals surface area contributed by atoms with E-state index < -0.39 is 0 Å². The van der Waals surface area contributed by atoms with Crippen molar-refractivity contribution in [3.05, 3.63) is 65.7 Å². The van der Waals surface area contributed by atoms with Gasteiger partial charge in [0.2, 0.25) is 0 Å². The fraction of sp³-hybridized carbons (Fsp3) is 0.316. The minimum absolute atomic E-state index is 0. The van der Waals surface area contributed by atoms with Gasteiger partial charge in [0.05, 0.1) is 13.2 Å². The van der Waals surface area contributed by atoms with Crippen LogP contribution in [0.2, 0.25) is 0 Å². The van der Waals surface area contributed by atoms with E-state index in [1.807, 2.05) is 25.2 Å². The number of para-hydroxylation sites is 1. The van der Waals surface area contributed by atoms with E-state index in [0.29, 0.717) is 13.2 Å². The van der Waals surface area contributed by atoms with E-state index >= 15 is 0 Å². The van der Waals surface area contributed by atoms with Gasteiger partial charge in [-0.2, -0.15) is 0 Å². The first-order valence-electron chi connectivity index (χ1n) is 8.06. The molecule has 128 valence electrons. The Labute approximate surface area is 160 Å². The first-order chi connectivity index (χ1) is 11.4. The van der Waals surface area contributed by atoms with Crippen LogP contribution in [0.25, 0.3) is 0 Å². The summed E-state index contributed by atoms with van der Waals surface area (Å²) in [5.41, 5.74) is 3.84. The second kappa shape index (κ2) is 9.64. The number of fused-ring (bicyclic) bond motifs is 1. The molecular formula is C19H24IN3O. The predicted octanol–water partition coefficient (Wildman–Crippen LogP) is 3.46. The van der Waals surface area contributed by atoms with Crippen molar-refractivity contribution in [2.24, 2.45) is 4.99 Å². The van der Waals surface area contributed by atoms with Crippen LogP contribution in [0.4, 0.5) is 5.69 Å². The van der Waals surface area contributed by atoms with Crippen LogP contribution in [0.3, 0.4) is 0 Å². The summed E-state index contributed by atoms with van der Waals surface area (Å²) >= 11 is 0. The van der Waals surface area contributed by atoms with Gasteiger partial charge in [-0.1, -0.05) is 48.5 Å². The first-order valence-corrected chi connectivity index (χ1v) is 8.06. The molecule has 0 saturated heterocycles. The average molecular weight is 437 g/mol. The predicted molar refractivity (Wildman–Crippen MR) is 110 cm³/mol. The van der Waals surface area contributed by atoms with Crippen molar-refractivity contribution in [3.63, 3.8) is 0 Å². The van der Waals surface area contributed by atoms with Crippen molar-refractivity contribution in [3.8, 4) is 0 Å². The highest BCUT2D eigenvalue weighted by Gasteiger charge is 2.21. The maximum absolute atomic E-state index is 5.71. The molecule has 0 atom stereocenters. The van der Waals surface area contributed by atoms with E-state index in [1.165, 1.54) is 16.8 Å². The summed E-state index contributed by atoms with van der Waals surface area (Å²) in [5, 5.41) is 3.39. The summed E-state index contributed by atoms with van der Waals surface area (Å²) in [5.74, 6) is 0.915. The lowest BCUT2D eigenvalue weighted by atomic mass is 10.2. The zero-order valence-electron chi connectivity index (χ0n) is 13.9. The molecule has 0 saturated carbocycles. The molecule has 0 radical (unpaired) electrons. The van der Waals surface area contributed by atoms with Crippen molar-refractivity contribution in [1.82, 2.24) is 5.32 Å². The van der Waals surface area contributed by atoms with Gasteiger partial charge in [-0.25, -0.2) is 0 Å². The molecule has 5 heteroatoms. The van der Waals surface area contributed by atoms with Crippen LogP contribution >= 0.6 is 24.0 Å². The number of ether oxygens (including phenoxy) is 1. The van der Waals surface area contributed by atoms with E-state index in [2.05, 4.69) is 51.6 Å². The molecule has 0 spiro atoms. The Morgan fingerprint density at radius 3 is 2.67 bits per heavy atom. The zero-order valence-corrected chi connectivity index (χ0v) is 16.3. The standard InChI is InChI=1S/C19H23N3O.HI/c1-20-19(22-13-11-17-9-5-6-10-18(17)22)21-12-14-23-15-16-7-3-2-4-8-16;/h2-10H,11-15H2,1H3,(H,20,21);1H. The van der Waals surface area contributed by atoms with Crippen LogP contribution in [0.1, 0.15) is 11.1 Å². The summed E-state index contributed by atoms with van der Waals surface area (Å²) in [6.45, 7) is 3.03. The van der Waals surface area contributed by atoms with Gasteiger partial charge in [-0.05, 0) is 23.6 Å². The molecule has 1 aliphatic rings. The maximum atomic E-state index is 5.71. The number of hydrogen-bond acceptors (Lipinski definition) is 2. The van der Waals surface area contributed by atoms with Crippen LogP contribution in [0.5, 0.6) is 0 Å². The van der Waals surface area contributed by atoms with Crippen molar-refractivity contribution in [2.75, 3.05) is 31.6 Å². The molecule has 24 heavy (non-hydrogen) atoms. The molecule has 2 aromatic rings. The molecule has 1 aliphatic heterocycles. The second-order valence-corrected chi connectivity index (χ2v) is 5.54. The molecule has 0 amide bonds. The number of rotatable bonds is 5. The molecule has 1 N–H and O–H groups in total. The minimum atomic E-state index is 0. The lowest BCUT2D eigenvalue weighted by Gasteiger charge is -2.22. The Balaban J connectivity index is 0.00000208. The molecule has 0 bridgehead atoms. The highest BCUT2D eigenvalue weighted by atomic mass is 127. The van der Waals surface area contributed by atoms with Gasteiger partial charge in [0.1, 0.15) is 0 Å². The molecule has 0 unspecified atom stereocenters. The van der Waals surface area contributed by atoms with Gasteiger partial charge in [-0.15, -0.1) is 24.0 Å². The van der Waals surface area contributed by atoms with Gasteiger partial charge in [0.25, 0.3) is 0 Å². The summed E-state index contributed by atoms with van der Waals surface area (Å²) in [6, 6.07) is 18.7. The van der Waals surface area contributed by atoms with E-state index in [-0.39, 0.29) is 24.0 Å². The van der Waals surface area contributed by atoms with Gasteiger partial charge in [0, 0.05) is 25.8 Å². The highest BCUT2D eigenvalue weighted by molar-refractivity contribution is 14.0. The van der Waals surface area contributed by atoms with Crippen LogP contribution in [-0.2, 0) is 17.8 Å². The number of benzene rings is 2. The average Bonchev–Trinajstić information content (AvgIpc) is 3.03. The van der Waals surface area contributed by atoms with Crippen molar-refractivity contribution in [1.29, 1.82) is 0 Å². The zero-order chi connectivity index (χ0) is 15.9. The minimum Gasteiger partial charge on any atom is -0.375 e. The van der Waals surface area contributed by atoms with Gasteiger partial charge in [-0.3, -0.25) is 4.99 Å².